The molecule has 1 heterocycles. The number of rotatable bonds is 6. The van der Waals surface area contributed by atoms with E-state index in [-0.39, 0.29) is 28.7 Å². The zero-order valence-electron chi connectivity index (χ0n) is 19.8. The lowest BCUT2D eigenvalue weighted by Gasteiger charge is -2.39. The fourth-order valence-electron chi connectivity index (χ4n) is 4.49. The first kappa shape index (κ1) is 24.6. The molecule has 2 aromatic carbocycles. The van der Waals surface area contributed by atoms with Crippen molar-refractivity contribution in [3.05, 3.63) is 81.8 Å². The second-order valence-corrected chi connectivity index (χ2v) is 10.3. The van der Waals surface area contributed by atoms with Gasteiger partial charge in [0.15, 0.2) is 5.78 Å². The van der Waals surface area contributed by atoms with Crippen molar-refractivity contribution in [1.29, 1.82) is 5.26 Å². The number of halogens is 1. The highest BCUT2D eigenvalue weighted by Crippen LogP contribution is 2.48. The normalized spacial score (nSPS) is 18.9. The molecule has 2 aromatic rings. The first-order valence-electron chi connectivity index (χ1n) is 11.2. The number of allylic oxidation sites excluding steroid dienone is 3. The second-order valence-electron chi connectivity index (χ2n) is 9.36. The minimum Gasteiger partial charge on any atom is -0.497 e. The van der Waals surface area contributed by atoms with E-state index in [4.69, 9.17) is 4.74 Å². The van der Waals surface area contributed by atoms with Crippen molar-refractivity contribution in [3.8, 4) is 11.8 Å². The zero-order chi connectivity index (χ0) is 25.2. The van der Waals surface area contributed by atoms with Crippen LogP contribution in [0.25, 0.3) is 0 Å². The lowest BCUT2D eigenvalue weighted by Crippen LogP contribution is -2.37. The van der Waals surface area contributed by atoms with Gasteiger partial charge in [-0.25, -0.2) is 4.39 Å². The number of hydrogen-bond donors (Lipinski definition) is 2. The fraction of sp³-hybridized carbons (Fsp3) is 0.296. The number of anilines is 1. The van der Waals surface area contributed by atoms with Gasteiger partial charge in [0.1, 0.15) is 11.6 Å². The van der Waals surface area contributed by atoms with E-state index in [9.17, 15) is 19.2 Å². The summed E-state index contributed by atoms with van der Waals surface area (Å²) >= 11 is 1.21. The predicted molar refractivity (Wildman–Crippen MR) is 134 cm³/mol. The Kier molecular flexibility index (Phi) is 6.99. The number of carbonyl (C=O) groups is 2. The van der Waals surface area contributed by atoms with Crippen LogP contribution in [0.4, 0.5) is 10.1 Å². The molecule has 1 aliphatic carbocycles. The smallest absolute Gasteiger partial charge is 0.234 e. The summed E-state index contributed by atoms with van der Waals surface area (Å²) in [5.74, 6) is -0.438. The molecule has 2 N–H and O–H groups in total. The molecular weight excluding hydrogens is 465 g/mol. The molecule has 0 radical (unpaired) electrons. The maximum absolute atomic E-state index is 13.3. The van der Waals surface area contributed by atoms with Gasteiger partial charge in [-0.2, -0.15) is 5.26 Å². The van der Waals surface area contributed by atoms with Crippen LogP contribution in [0.2, 0.25) is 0 Å². The van der Waals surface area contributed by atoms with E-state index in [2.05, 4.69) is 16.7 Å². The van der Waals surface area contributed by atoms with E-state index < -0.39 is 5.92 Å². The number of thioether (sulfide) groups is 1. The third kappa shape index (κ3) is 5.41. The summed E-state index contributed by atoms with van der Waals surface area (Å²) in [4.78, 5) is 25.8. The van der Waals surface area contributed by atoms with Crippen LogP contribution >= 0.6 is 11.8 Å². The van der Waals surface area contributed by atoms with Gasteiger partial charge in [-0.05, 0) is 53.8 Å². The summed E-state index contributed by atoms with van der Waals surface area (Å²) in [5, 5.41) is 16.8. The van der Waals surface area contributed by atoms with E-state index >= 15 is 0 Å². The van der Waals surface area contributed by atoms with Crippen LogP contribution in [-0.4, -0.2) is 24.6 Å². The van der Waals surface area contributed by atoms with Crippen molar-refractivity contribution < 1.29 is 18.7 Å². The van der Waals surface area contributed by atoms with Crippen LogP contribution in [0.3, 0.4) is 0 Å². The number of methoxy groups -OCH3 is 1. The molecule has 0 spiro atoms. The maximum atomic E-state index is 13.3. The largest absolute Gasteiger partial charge is 0.497 e. The van der Waals surface area contributed by atoms with Crippen LogP contribution in [-0.2, 0) is 9.59 Å². The number of carbonyl (C=O) groups excluding carboxylic acids is 2. The SMILES string of the molecule is COc1ccc([C@@H]2C(C#N)=C(SCC(=O)Nc3ccc(F)cc3)NC3=C2C(=O)CC(C)(C)C3)cc1. The highest BCUT2D eigenvalue weighted by molar-refractivity contribution is 8.03. The predicted octanol–water partition coefficient (Wildman–Crippen LogP) is 5.27. The van der Waals surface area contributed by atoms with Crippen LogP contribution in [0.15, 0.2) is 70.4 Å². The van der Waals surface area contributed by atoms with Crippen molar-refractivity contribution in [2.75, 3.05) is 18.2 Å². The van der Waals surface area contributed by atoms with Gasteiger partial charge in [0.05, 0.1) is 35.5 Å². The Morgan fingerprint density at radius 3 is 2.51 bits per heavy atom. The molecule has 35 heavy (non-hydrogen) atoms. The van der Waals surface area contributed by atoms with Gasteiger partial charge < -0.3 is 15.4 Å². The van der Waals surface area contributed by atoms with Gasteiger partial charge in [0.2, 0.25) is 5.91 Å². The quantitative estimate of drug-likeness (QED) is 0.572. The average Bonchev–Trinajstić information content (AvgIpc) is 2.82. The standard InChI is InChI=1S/C27H26FN3O3S/c1-27(2)12-21-25(22(32)13-27)24(16-4-10-19(34-3)11-5-16)20(14-29)26(31-21)35-15-23(33)30-18-8-6-17(28)7-9-18/h4-11,24,31H,12-13,15H2,1-3H3,(H,30,33)/t24-/m1/s1. The van der Waals surface area contributed by atoms with Gasteiger partial charge >= 0.3 is 0 Å². The molecule has 180 valence electrons. The van der Waals surface area contributed by atoms with Crippen molar-refractivity contribution in [2.45, 2.75) is 32.6 Å². The topological polar surface area (TPSA) is 91.2 Å². The molecule has 0 aromatic heterocycles. The van der Waals surface area contributed by atoms with Crippen molar-refractivity contribution in [2.24, 2.45) is 5.41 Å². The highest BCUT2D eigenvalue weighted by atomic mass is 32.2. The van der Waals surface area contributed by atoms with Crippen molar-refractivity contribution in [1.82, 2.24) is 5.32 Å². The molecular formula is C27H26FN3O3S. The maximum Gasteiger partial charge on any atom is 0.234 e. The molecule has 1 atom stereocenters. The Labute approximate surface area is 208 Å². The second kappa shape index (κ2) is 9.96. The Morgan fingerprint density at radius 2 is 1.89 bits per heavy atom. The number of amides is 1. The van der Waals surface area contributed by atoms with E-state index in [0.29, 0.717) is 40.5 Å². The fourth-order valence-corrected chi connectivity index (χ4v) is 5.35. The van der Waals surface area contributed by atoms with Gasteiger partial charge in [-0.3, -0.25) is 9.59 Å². The van der Waals surface area contributed by atoms with Gasteiger partial charge in [0.25, 0.3) is 0 Å². The molecule has 1 aliphatic heterocycles. The summed E-state index contributed by atoms with van der Waals surface area (Å²) in [6, 6.07) is 15.2. The van der Waals surface area contributed by atoms with Crippen LogP contribution in [0, 0.1) is 22.6 Å². The van der Waals surface area contributed by atoms with Crippen molar-refractivity contribution >= 4 is 29.1 Å². The van der Waals surface area contributed by atoms with Gasteiger partial charge in [0, 0.05) is 23.4 Å². The Balaban J connectivity index is 1.64. The van der Waals surface area contributed by atoms with Gasteiger partial charge in [-0.15, -0.1) is 0 Å². The Hall–Kier alpha value is -3.57. The molecule has 0 saturated carbocycles. The number of ether oxygens (including phenoxy) is 1. The van der Waals surface area contributed by atoms with Crippen LogP contribution in [0.1, 0.15) is 38.2 Å². The lowest BCUT2D eigenvalue weighted by atomic mass is 9.69. The monoisotopic (exact) mass is 491 g/mol. The molecule has 0 saturated heterocycles. The number of benzene rings is 2. The van der Waals surface area contributed by atoms with Gasteiger partial charge in [-0.1, -0.05) is 37.7 Å². The van der Waals surface area contributed by atoms with Crippen molar-refractivity contribution in [3.63, 3.8) is 0 Å². The summed E-state index contributed by atoms with van der Waals surface area (Å²) in [6.45, 7) is 4.09. The first-order chi connectivity index (χ1) is 16.7. The number of ketones is 1. The number of Topliss-reactive ketones (excluding diaryl/α,β-unsaturated/α-hetero) is 1. The third-order valence-corrected chi connectivity index (χ3v) is 7.07. The summed E-state index contributed by atoms with van der Waals surface area (Å²) in [7, 11) is 1.58. The number of nitrogens with one attached hydrogen (secondary N) is 2. The highest BCUT2D eigenvalue weighted by Gasteiger charge is 2.42. The van der Waals surface area contributed by atoms with E-state index in [1.807, 2.05) is 38.1 Å². The minimum absolute atomic E-state index is 0.0235. The summed E-state index contributed by atoms with van der Waals surface area (Å²) in [5.41, 5.74) is 2.91. The van der Waals surface area contributed by atoms with E-state index in [1.54, 1.807) is 7.11 Å². The molecule has 1 amide bonds. The molecule has 6 nitrogen and oxygen atoms in total. The Bertz CT molecular complexity index is 1260. The molecule has 0 unspecified atom stereocenters. The molecule has 8 heteroatoms. The zero-order valence-corrected chi connectivity index (χ0v) is 20.6. The lowest BCUT2D eigenvalue weighted by molar-refractivity contribution is -0.118. The molecule has 2 aliphatic rings. The van der Waals surface area contributed by atoms with Crippen LogP contribution < -0.4 is 15.4 Å². The summed E-state index contributed by atoms with van der Waals surface area (Å²) < 4.78 is 18.4. The number of hydrogen-bond acceptors (Lipinski definition) is 6. The molecule has 0 fully saturated rings. The number of nitriles is 1. The van der Waals surface area contributed by atoms with E-state index in [1.165, 1.54) is 36.0 Å². The average molecular weight is 492 g/mol. The van der Waals surface area contributed by atoms with Crippen LogP contribution in [0.5, 0.6) is 5.75 Å². The third-order valence-electron chi connectivity index (χ3n) is 6.05. The molecule has 0 bridgehead atoms. The Morgan fingerprint density at radius 1 is 1.20 bits per heavy atom. The number of nitrogens with zero attached hydrogens (tertiary/aromatic N) is 1. The van der Waals surface area contributed by atoms with E-state index in [0.717, 1.165) is 11.3 Å². The first-order valence-corrected chi connectivity index (χ1v) is 12.2. The summed E-state index contributed by atoms with van der Waals surface area (Å²) in [6.07, 6.45) is 1.06. The molecule has 4 rings (SSSR count). The number of dihydropyridines is 1. The minimum atomic E-state index is -0.520.